The molecule has 2 heterocycles. The summed E-state index contributed by atoms with van der Waals surface area (Å²) in [6.07, 6.45) is 0.272. The second kappa shape index (κ2) is 7.13. The first kappa shape index (κ1) is 18.5. The molecule has 0 saturated carbocycles. The van der Waals surface area contributed by atoms with Crippen molar-refractivity contribution < 1.29 is 19.1 Å². The molecule has 0 bridgehead atoms. The smallest absolute Gasteiger partial charge is 0.293 e. The number of ketones is 2. The fourth-order valence-corrected chi connectivity index (χ4v) is 3.87. The van der Waals surface area contributed by atoms with Gasteiger partial charge in [0, 0.05) is 16.9 Å². The Morgan fingerprint density at radius 3 is 2.54 bits per heavy atom. The normalized spacial score (nSPS) is 15.2. The second-order valence-corrected chi connectivity index (χ2v) is 8.26. The number of amides is 1. The first-order chi connectivity index (χ1) is 12.3. The summed E-state index contributed by atoms with van der Waals surface area (Å²) in [7, 11) is 0. The predicted molar refractivity (Wildman–Crippen MR) is 100.0 cm³/mol. The van der Waals surface area contributed by atoms with E-state index in [2.05, 4.69) is 5.32 Å². The minimum Gasteiger partial charge on any atom is -0.376 e. The average molecular weight is 371 g/mol. The number of Topliss-reactive ketones (excluding diaryl/α,β-unsaturated/α-hetero) is 2. The van der Waals surface area contributed by atoms with Gasteiger partial charge < -0.3 is 10.1 Å². The zero-order valence-electron chi connectivity index (χ0n) is 15.0. The maximum Gasteiger partial charge on any atom is 0.293 e. The van der Waals surface area contributed by atoms with Gasteiger partial charge in [0.05, 0.1) is 23.6 Å². The lowest BCUT2D eigenvalue weighted by molar-refractivity contribution is -0.126. The van der Waals surface area contributed by atoms with Gasteiger partial charge in [0.15, 0.2) is 5.78 Å². The third-order valence-corrected chi connectivity index (χ3v) is 5.40. The number of thiophene rings is 1. The van der Waals surface area contributed by atoms with E-state index in [0.717, 1.165) is 16.0 Å². The summed E-state index contributed by atoms with van der Waals surface area (Å²) >= 11 is 1.18. The molecular weight excluding hydrogens is 350 g/mol. The average Bonchev–Trinajstić information content (AvgIpc) is 2.94. The maximum absolute atomic E-state index is 12.6. The van der Waals surface area contributed by atoms with Gasteiger partial charge in [-0.25, -0.2) is 0 Å². The molecular formula is C20H21NO4S. The van der Waals surface area contributed by atoms with Crippen LogP contribution in [0.15, 0.2) is 30.3 Å². The van der Waals surface area contributed by atoms with Crippen LogP contribution in [-0.4, -0.2) is 36.2 Å². The molecule has 1 aromatic carbocycles. The Balaban J connectivity index is 1.72. The summed E-state index contributed by atoms with van der Waals surface area (Å²) in [5.74, 6) is -1.32. The molecule has 26 heavy (non-hydrogen) atoms. The van der Waals surface area contributed by atoms with Crippen LogP contribution in [0.5, 0.6) is 0 Å². The van der Waals surface area contributed by atoms with Gasteiger partial charge >= 0.3 is 0 Å². The molecule has 136 valence electrons. The van der Waals surface area contributed by atoms with Crippen LogP contribution < -0.4 is 5.32 Å². The Kier molecular flexibility index (Phi) is 5.07. The third kappa shape index (κ3) is 3.92. The maximum atomic E-state index is 12.6. The Labute approximate surface area is 156 Å². The molecule has 1 amide bonds. The van der Waals surface area contributed by atoms with Crippen LogP contribution in [0.25, 0.3) is 0 Å². The predicted octanol–water partition coefficient (Wildman–Crippen LogP) is 2.88. The lowest BCUT2D eigenvalue weighted by Crippen LogP contribution is -2.61. The fraction of sp³-hybridized carbons (Fsp3) is 0.350. The standard InChI is InChI=1S/C20H21NO4S/c1-12-5-4-6-14(7-12)8-16(22)15-9-17(26-13(15)2)18(23)19(24)21-20(3)10-25-11-20/h4-7,9H,8,10-11H2,1-3H3,(H,21,24). The number of nitrogens with one attached hydrogen (secondary N) is 1. The van der Waals surface area contributed by atoms with E-state index < -0.39 is 17.2 Å². The largest absolute Gasteiger partial charge is 0.376 e. The van der Waals surface area contributed by atoms with E-state index >= 15 is 0 Å². The summed E-state index contributed by atoms with van der Waals surface area (Å²) in [6, 6.07) is 9.32. The lowest BCUT2D eigenvalue weighted by Gasteiger charge is -2.38. The highest BCUT2D eigenvalue weighted by Crippen LogP contribution is 2.24. The lowest BCUT2D eigenvalue weighted by atomic mass is 10.00. The van der Waals surface area contributed by atoms with Gasteiger partial charge in [0.2, 0.25) is 0 Å². The highest BCUT2D eigenvalue weighted by Gasteiger charge is 2.37. The molecule has 1 aliphatic rings. The van der Waals surface area contributed by atoms with E-state index in [1.54, 1.807) is 13.0 Å². The monoisotopic (exact) mass is 371 g/mol. The molecule has 0 unspecified atom stereocenters. The van der Waals surface area contributed by atoms with Crippen molar-refractivity contribution in [2.75, 3.05) is 13.2 Å². The van der Waals surface area contributed by atoms with Crippen LogP contribution in [0.3, 0.4) is 0 Å². The summed E-state index contributed by atoms with van der Waals surface area (Å²) in [6.45, 7) is 6.40. The molecule has 0 atom stereocenters. The molecule has 6 heteroatoms. The van der Waals surface area contributed by atoms with Gasteiger partial charge in [-0.2, -0.15) is 0 Å². The van der Waals surface area contributed by atoms with E-state index in [1.165, 1.54) is 11.3 Å². The number of carbonyl (C=O) groups is 3. The van der Waals surface area contributed by atoms with Gasteiger partial charge in [-0.15, -0.1) is 11.3 Å². The summed E-state index contributed by atoms with van der Waals surface area (Å²) < 4.78 is 5.08. The number of benzene rings is 1. The Morgan fingerprint density at radius 1 is 1.19 bits per heavy atom. The summed E-state index contributed by atoms with van der Waals surface area (Å²) in [4.78, 5) is 38.2. The molecule has 1 N–H and O–H groups in total. The van der Waals surface area contributed by atoms with Gasteiger partial charge in [0.1, 0.15) is 0 Å². The second-order valence-electron chi connectivity index (χ2n) is 7.01. The van der Waals surface area contributed by atoms with E-state index in [1.807, 2.05) is 38.1 Å². The molecule has 3 rings (SSSR count). The van der Waals surface area contributed by atoms with Crippen molar-refractivity contribution in [1.29, 1.82) is 0 Å². The number of hydrogen-bond acceptors (Lipinski definition) is 5. The van der Waals surface area contributed by atoms with Crippen LogP contribution in [0.1, 0.15) is 43.0 Å². The van der Waals surface area contributed by atoms with Crippen LogP contribution in [0.2, 0.25) is 0 Å². The Bertz CT molecular complexity index is 880. The van der Waals surface area contributed by atoms with E-state index in [-0.39, 0.29) is 17.1 Å². The first-order valence-corrected chi connectivity index (χ1v) is 9.23. The first-order valence-electron chi connectivity index (χ1n) is 8.41. The Hall–Kier alpha value is -2.31. The molecule has 1 aliphatic heterocycles. The Morgan fingerprint density at radius 2 is 1.92 bits per heavy atom. The number of ether oxygens (including phenoxy) is 1. The molecule has 5 nitrogen and oxygen atoms in total. The topological polar surface area (TPSA) is 72.5 Å². The summed E-state index contributed by atoms with van der Waals surface area (Å²) in [5, 5.41) is 2.70. The van der Waals surface area contributed by atoms with Crippen molar-refractivity contribution in [2.45, 2.75) is 32.7 Å². The number of carbonyl (C=O) groups excluding carboxylic acids is 3. The van der Waals surface area contributed by atoms with Crippen molar-refractivity contribution >= 4 is 28.8 Å². The highest BCUT2D eigenvalue weighted by molar-refractivity contribution is 7.15. The van der Waals surface area contributed by atoms with Crippen LogP contribution in [0, 0.1) is 13.8 Å². The van der Waals surface area contributed by atoms with E-state index in [9.17, 15) is 14.4 Å². The minimum absolute atomic E-state index is 0.0526. The molecule has 2 aromatic rings. The van der Waals surface area contributed by atoms with Gasteiger partial charge in [-0.1, -0.05) is 29.8 Å². The van der Waals surface area contributed by atoms with Gasteiger partial charge in [-0.3, -0.25) is 14.4 Å². The van der Waals surface area contributed by atoms with Gasteiger partial charge in [-0.05, 0) is 32.4 Å². The van der Waals surface area contributed by atoms with E-state index in [4.69, 9.17) is 4.74 Å². The molecule has 1 aromatic heterocycles. The van der Waals surface area contributed by atoms with Crippen LogP contribution in [0.4, 0.5) is 0 Å². The summed E-state index contributed by atoms with van der Waals surface area (Å²) in [5.41, 5.74) is 2.05. The van der Waals surface area contributed by atoms with Crippen molar-refractivity contribution in [2.24, 2.45) is 0 Å². The van der Waals surface area contributed by atoms with Crippen molar-refractivity contribution in [3.63, 3.8) is 0 Å². The fourth-order valence-electron chi connectivity index (χ4n) is 2.90. The van der Waals surface area contributed by atoms with Crippen molar-refractivity contribution in [3.8, 4) is 0 Å². The number of aryl methyl sites for hydroxylation is 2. The van der Waals surface area contributed by atoms with Crippen LogP contribution in [-0.2, 0) is 16.0 Å². The zero-order valence-corrected chi connectivity index (χ0v) is 15.9. The van der Waals surface area contributed by atoms with Gasteiger partial charge in [0.25, 0.3) is 11.7 Å². The van der Waals surface area contributed by atoms with Crippen molar-refractivity contribution in [3.05, 3.63) is 56.8 Å². The zero-order chi connectivity index (χ0) is 18.9. The third-order valence-electron chi connectivity index (χ3n) is 4.35. The molecule has 0 radical (unpaired) electrons. The minimum atomic E-state index is -0.658. The van der Waals surface area contributed by atoms with E-state index in [0.29, 0.717) is 18.8 Å². The van der Waals surface area contributed by atoms with Crippen molar-refractivity contribution in [1.82, 2.24) is 5.32 Å². The molecule has 0 spiro atoms. The molecule has 1 fully saturated rings. The number of hydrogen-bond donors (Lipinski definition) is 1. The van der Waals surface area contributed by atoms with Crippen LogP contribution >= 0.6 is 11.3 Å². The molecule has 0 aliphatic carbocycles. The quantitative estimate of drug-likeness (QED) is 0.626. The molecule has 1 saturated heterocycles. The highest BCUT2D eigenvalue weighted by atomic mass is 32.1. The SMILES string of the molecule is Cc1cccc(CC(=O)c2cc(C(=O)C(=O)NC3(C)COC3)sc2C)c1. The number of rotatable bonds is 6.